The zero-order valence-electron chi connectivity index (χ0n) is 10.7. The number of pyridine rings is 1. The maximum atomic E-state index is 12.7. The van der Waals surface area contributed by atoms with Crippen molar-refractivity contribution in [2.24, 2.45) is 0 Å². The van der Waals surface area contributed by atoms with Gasteiger partial charge in [-0.1, -0.05) is 18.2 Å². The number of fused-ring (bicyclic) bond motifs is 1. The lowest BCUT2D eigenvalue weighted by Gasteiger charge is -2.07. The van der Waals surface area contributed by atoms with Crippen molar-refractivity contribution in [3.05, 3.63) is 59.5 Å². The van der Waals surface area contributed by atoms with Crippen molar-refractivity contribution in [1.29, 1.82) is 0 Å². The molecule has 4 nitrogen and oxygen atoms in total. The number of hydrogen-bond acceptors (Lipinski definition) is 3. The summed E-state index contributed by atoms with van der Waals surface area (Å²) in [7, 11) is 0. The predicted octanol–water partition coefficient (Wildman–Crippen LogP) is 3.04. The first-order chi connectivity index (χ1) is 9.93. The van der Waals surface area contributed by atoms with Crippen LogP contribution in [0, 0.1) is 0 Å². The summed E-state index contributed by atoms with van der Waals surface area (Å²) in [6.07, 6.45) is -2.61. The van der Waals surface area contributed by atoms with Crippen molar-refractivity contribution in [2.45, 2.75) is 12.6 Å². The molecule has 0 atom stereocenters. The number of hydrogen-bond donors (Lipinski definition) is 1. The largest absolute Gasteiger partial charge is 0.504 e. The van der Waals surface area contributed by atoms with Crippen LogP contribution in [0.2, 0.25) is 0 Å². The molecule has 108 valence electrons. The van der Waals surface area contributed by atoms with Gasteiger partial charge in [-0.3, -0.25) is 0 Å². The second-order valence-corrected chi connectivity index (χ2v) is 4.56. The van der Waals surface area contributed by atoms with Crippen LogP contribution in [-0.2, 0) is 12.6 Å². The quantitative estimate of drug-likeness (QED) is 0.790. The van der Waals surface area contributed by atoms with E-state index in [2.05, 4.69) is 10.1 Å². The molecular weight excluding hydrogens is 283 g/mol. The first kappa shape index (κ1) is 13.4. The topological polar surface area (TPSA) is 50.4 Å². The molecule has 0 aliphatic rings. The molecule has 0 spiro atoms. The Labute approximate surface area is 117 Å². The highest BCUT2D eigenvalue weighted by atomic mass is 19.4. The van der Waals surface area contributed by atoms with E-state index in [0.29, 0.717) is 11.4 Å². The minimum atomic E-state index is -4.37. The van der Waals surface area contributed by atoms with Gasteiger partial charge in [-0.25, -0.2) is 9.50 Å². The lowest BCUT2D eigenvalue weighted by Crippen LogP contribution is -2.05. The van der Waals surface area contributed by atoms with Gasteiger partial charge in [-0.05, 0) is 23.8 Å². The van der Waals surface area contributed by atoms with Crippen molar-refractivity contribution in [3.8, 4) is 5.75 Å². The fraction of sp³-hybridized carbons (Fsp3) is 0.143. The Morgan fingerprint density at radius 1 is 1.14 bits per heavy atom. The molecule has 2 heterocycles. The third-order valence-electron chi connectivity index (χ3n) is 3.00. The van der Waals surface area contributed by atoms with E-state index in [4.69, 9.17) is 0 Å². The maximum absolute atomic E-state index is 12.7. The third-order valence-corrected chi connectivity index (χ3v) is 3.00. The van der Waals surface area contributed by atoms with Crippen LogP contribution in [0.1, 0.15) is 17.0 Å². The highest BCUT2D eigenvalue weighted by Gasteiger charge is 2.30. The average molecular weight is 293 g/mol. The molecule has 7 heteroatoms. The fourth-order valence-electron chi connectivity index (χ4n) is 2.05. The van der Waals surface area contributed by atoms with Crippen molar-refractivity contribution in [2.75, 3.05) is 0 Å². The highest BCUT2D eigenvalue weighted by molar-refractivity contribution is 5.51. The van der Waals surface area contributed by atoms with E-state index in [9.17, 15) is 18.3 Å². The lowest BCUT2D eigenvalue weighted by atomic mass is 10.1. The Hall–Kier alpha value is -2.57. The molecule has 0 saturated heterocycles. The summed E-state index contributed by atoms with van der Waals surface area (Å²) in [5.41, 5.74) is 0.0336. The normalized spacial score (nSPS) is 12.0. The number of alkyl halides is 3. The Kier molecular flexibility index (Phi) is 3.04. The van der Waals surface area contributed by atoms with Crippen molar-refractivity contribution < 1.29 is 18.3 Å². The van der Waals surface area contributed by atoms with Crippen LogP contribution >= 0.6 is 0 Å². The van der Waals surface area contributed by atoms with Crippen LogP contribution in [0.3, 0.4) is 0 Å². The Balaban J connectivity index is 1.93. The molecule has 1 aromatic carbocycles. The van der Waals surface area contributed by atoms with Gasteiger partial charge in [0.1, 0.15) is 0 Å². The Morgan fingerprint density at radius 3 is 2.67 bits per heavy atom. The molecule has 2 aromatic heterocycles. The summed E-state index contributed by atoms with van der Waals surface area (Å²) in [5.74, 6) is 0.316. The van der Waals surface area contributed by atoms with Crippen LogP contribution in [-0.4, -0.2) is 19.7 Å². The number of benzene rings is 1. The van der Waals surface area contributed by atoms with E-state index >= 15 is 0 Å². The van der Waals surface area contributed by atoms with Crippen molar-refractivity contribution in [3.63, 3.8) is 0 Å². The van der Waals surface area contributed by atoms with E-state index in [0.717, 1.165) is 12.1 Å². The van der Waals surface area contributed by atoms with Gasteiger partial charge in [0, 0.05) is 12.6 Å². The fourth-order valence-corrected chi connectivity index (χ4v) is 2.05. The third kappa shape index (κ3) is 2.67. The van der Waals surface area contributed by atoms with E-state index < -0.39 is 11.7 Å². The minimum absolute atomic E-state index is 0.0275. The summed E-state index contributed by atoms with van der Waals surface area (Å²) < 4.78 is 39.4. The monoisotopic (exact) mass is 293 g/mol. The van der Waals surface area contributed by atoms with Gasteiger partial charge in [-0.2, -0.15) is 18.3 Å². The van der Waals surface area contributed by atoms with Gasteiger partial charge in [0.2, 0.25) is 0 Å². The highest BCUT2D eigenvalue weighted by Crippen LogP contribution is 2.29. The molecule has 0 unspecified atom stereocenters. The molecule has 0 bridgehead atoms. The number of aromatic hydroxyl groups is 1. The van der Waals surface area contributed by atoms with Crippen LogP contribution in [0.5, 0.6) is 5.75 Å². The number of aromatic nitrogens is 3. The average Bonchev–Trinajstić information content (AvgIpc) is 2.82. The summed E-state index contributed by atoms with van der Waals surface area (Å²) in [5, 5.41) is 13.8. The first-order valence-electron chi connectivity index (χ1n) is 6.13. The minimum Gasteiger partial charge on any atom is -0.504 e. The second kappa shape index (κ2) is 4.76. The van der Waals surface area contributed by atoms with E-state index in [1.165, 1.54) is 16.6 Å². The maximum Gasteiger partial charge on any atom is 0.416 e. The molecule has 0 fully saturated rings. The van der Waals surface area contributed by atoms with Gasteiger partial charge in [0.25, 0.3) is 0 Å². The molecular formula is C14H10F3N3O. The molecule has 1 N–H and O–H groups in total. The first-order valence-corrected chi connectivity index (χ1v) is 6.13. The van der Waals surface area contributed by atoms with E-state index in [1.807, 2.05) is 0 Å². The lowest BCUT2D eigenvalue weighted by molar-refractivity contribution is -0.137. The Bertz CT molecular complexity index is 796. The van der Waals surface area contributed by atoms with Crippen LogP contribution < -0.4 is 0 Å². The summed E-state index contributed by atoms with van der Waals surface area (Å²) >= 11 is 0. The number of halogens is 3. The zero-order chi connectivity index (χ0) is 15.0. The van der Waals surface area contributed by atoms with Crippen molar-refractivity contribution in [1.82, 2.24) is 14.6 Å². The zero-order valence-corrected chi connectivity index (χ0v) is 10.7. The molecule has 0 aliphatic carbocycles. The molecule has 3 aromatic rings. The van der Waals surface area contributed by atoms with Gasteiger partial charge < -0.3 is 5.11 Å². The van der Waals surface area contributed by atoms with Gasteiger partial charge in [-0.15, -0.1) is 0 Å². The standard InChI is InChI=1S/C14H10F3N3O/c15-14(16,17)10-4-1-3-9(7-10)8-12-18-13-11(21)5-2-6-20(13)19-12/h1-7,21H,8H2. The van der Waals surface area contributed by atoms with Gasteiger partial charge >= 0.3 is 6.18 Å². The van der Waals surface area contributed by atoms with Gasteiger partial charge in [0.05, 0.1) is 5.56 Å². The summed E-state index contributed by atoms with van der Waals surface area (Å²) in [4.78, 5) is 4.12. The van der Waals surface area contributed by atoms with Gasteiger partial charge in [0.15, 0.2) is 17.2 Å². The molecule has 0 amide bonds. The number of rotatable bonds is 2. The molecule has 0 radical (unpaired) electrons. The second-order valence-electron chi connectivity index (χ2n) is 4.56. The van der Waals surface area contributed by atoms with Crippen LogP contribution in [0.25, 0.3) is 5.65 Å². The SMILES string of the molecule is Oc1cccn2nc(Cc3cccc(C(F)(F)F)c3)nc12. The smallest absolute Gasteiger partial charge is 0.416 e. The van der Waals surface area contributed by atoms with Crippen LogP contribution in [0.15, 0.2) is 42.6 Å². The summed E-state index contributed by atoms with van der Waals surface area (Å²) in [6.45, 7) is 0. The van der Waals surface area contributed by atoms with Crippen LogP contribution in [0.4, 0.5) is 13.2 Å². The van der Waals surface area contributed by atoms with Crippen molar-refractivity contribution >= 4 is 5.65 Å². The number of nitrogens with zero attached hydrogens (tertiary/aromatic N) is 3. The summed E-state index contributed by atoms with van der Waals surface area (Å²) in [6, 6.07) is 8.10. The predicted molar refractivity (Wildman–Crippen MR) is 68.9 cm³/mol. The molecule has 21 heavy (non-hydrogen) atoms. The molecule has 0 aliphatic heterocycles. The molecule has 3 rings (SSSR count). The van der Waals surface area contributed by atoms with E-state index in [-0.39, 0.29) is 17.8 Å². The van der Waals surface area contributed by atoms with E-state index in [1.54, 1.807) is 18.3 Å². The molecule has 0 saturated carbocycles. The Morgan fingerprint density at radius 2 is 1.95 bits per heavy atom.